The van der Waals surface area contributed by atoms with Gasteiger partial charge in [0, 0.05) is 16.6 Å². The minimum absolute atomic E-state index is 0.191. The molecule has 0 bridgehead atoms. The van der Waals surface area contributed by atoms with E-state index in [2.05, 4.69) is 0 Å². The van der Waals surface area contributed by atoms with E-state index in [1.807, 2.05) is 30.3 Å². The molecule has 0 aromatic heterocycles. The Bertz CT molecular complexity index is 876. The topological polar surface area (TPSA) is 60.4 Å². The maximum Gasteiger partial charge on any atom is 0.194 e. The molecule has 0 aliphatic heterocycles. The number of benzene rings is 2. The van der Waals surface area contributed by atoms with Crippen LogP contribution in [0.2, 0.25) is 0 Å². The van der Waals surface area contributed by atoms with Crippen LogP contribution in [0.25, 0.3) is 0 Å². The Morgan fingerprint density at radius 3 is 2.40 bits per heavy atom. The van der Waals surface area contributed by atoms with Crippen molar-refractivity contribution < 1.29 is 19.1 Å². The normalized spacial score (nSPS) is 13.9. The number of carbonyl (C=O) groups excluding carboxylic acids is 3. The minimum Gasteiger partial charge on any atom is -0.488 e. The van der Waals surface area contributed by atoms with Crippen molar-refractivity contribution in [3.05, 3.63) is 76.9 Å². The maximum absolute atomic E-state index is 12.9. The Morgan fingerprint density at radius 1 is 1.00 bits per heavy atom. The summed E-state index contributed by atoms with van der Waals surface area (Å²) in [5.41, 5.74) is 0.656. The SMILES string of the molecule is CC(C)(C=O)C1=CC(=O)c2cccc(OCc3ccccc3)c2C1=O. The third kappa shape index (κ3) is 3.15. The number of aldehydes is 1. The van der Waals surface area contributed by atoms with E-state index in [4.69, 9.17) is 4.74 Å². The highest BCUT2D eigenvalue weighted by molar-refractivity contribution is 6.26. The number of hydrogen-bond acceptors (Lipinski definition) is 4. The molecule has 2 aromatic rings. The van der Waals surface area contributed by atoms with Crippen LogP contribution in [0, 0.1) is 5.41 Å². The molecule has 0 radical (unpaired) electrons. The van der Waals surface area contributed by atoms with Crippen LogP contribution in [-0.4, -0.2) is 17.9 Å². The van der Waals surface area contributed by atoms with Crippen molar-refractivity contribution in [2.24, 2.45) is 5.41 Å². The van der Waals surface area contributed by atoms with Gasteiger partial charge in [-0.1, -0.05) is 42.5 Å². The number of allylic oxidation sites excluding steroid dienone is 2. The van der Waals surface area contributed by atoms with Crippen LogP contribution >= 0.6 is 0 Å². The average molecular weight is 334 g/mol. The quantitative estimate of drug-likeness (QED) is 0.781. The van der Waals surface area contributed by atoms with Crippen molar-refractivity contribution in [3.8, 4) is 5.75 Å². The van der Waals surface area contributed by atoms with E-state index in [0.717, 1.165) is 5.56 Å². The van der Waals surface area contributed by atoms with Crippen LogP contribution in [-0.2, 0) is 11.4 Å². The van der Waals surface area contributed by atoms with Crippen LogP contribution in [0.15, 0.2) is 60.2 Å². The maximum atomic E-state index is 12.9. The zero-order chi connectivity index (χ0) is 18.0. The fraction of sp³-hybridized carbons (Fsp3) is 0.190. The summed E-state index contributed by atoms with van der Waals surface area (Å²) in [5, 5.41) is 0. The largest absolute Gasteiger partial charge is 0.488 e. The summed E-state index contributed by atoms with van der Waals surface area (Å²) >= 11 is 0. The highest BCUT2D eigenvalue weighted by Gasteiger charge is 2.36. The summed E-state index contributed by atoms with van der Waals surface area (Å²) in [7, 11) is 0. The van der Waals surface area contributed by atoms with Gasteiger partial charge in [0.2, 0.25) is 0 Å². The first kappa shape index (κ1) is 16.8. The van der Waals surface area contributed by atoms with Crippen molar-refractivity contribution in [2.75, 3.05) is 0 Å². The van der Waals surface area contributed by atoms with Gasteiger partial charge in [0.25, 0.3) is 0 Å². The molecule has 0 fully saturated rings. The number of rotatable bonds is 5. The van der Waals surface area contributed by atoms with E-state index >= 15 is 0 Å². The lowest BCUT2D eigenvalue weighted by Crippen LogP contribution is -2.28. The van der Waals surface area contributed by atoms with E-state index < -0.39 is 5.41 Å². The zero-order valence-electron chi connectivity index (χ0n) is 14.1. The van der Waals surface area contributed by atoms with E-state index in [1.54, 1.807) is 32.0 Å². The number of ketones is 2. The van der Waals surface area contributed by atoms with Crippen LogP contribution in [0.5, 0.6) is 5.75 Å². The van der Waals surface area contributed by atoms with Crippen molar-refractivity contribution >= 4 is 17.9 Å². The summed E-state index contributed by atoms with van der Waals surface area (Å²) in [4.78, 5) is 36.7. The molecule has 4 nitrogen and oxygen atoms in total. The highest BCUT2D eigenvalue weighted by atomic mass is 16.5. The fourth-order valence-corrected chi connectivity index (χ4v) is 2.78. The Labute approximate surface area is 146 Å². The lowest BCUT2D eigenvalue weighted by molar-refractivity contribution is -0.113. The molecule has 4 heteroatoms. The summed E-state index contributed by atoms with van der Waals surface area (Å²) in [6, 6.07) is 14.5. The molecule has 2 aromatic carbocycles. The lowest BCUT2D eigenvalue weighted by atomic mass is 9.76. The first-order valence-corrected chi connectivity index (χ1v) is 8.01. The van der Waals surface area contributed by atoms with Gasteiger partial charge in [-0.15, -0.1) is 0 Å². The molecular weight excluding hydrogens is 316 g/mol. The molecule has 0 heterocycles. The number of hydrogen-bond donors (Lipinski definition) is 0. The average Bonchev–Trinajstić information content (AvgIpc) is 2.63. The highest BCUT2D eigenvalue weighted by Crippen LogP contribution is 2.36. The van der Waals surface area contributed by atoms with Gasteiger partial charge in [-0.2, -0.15) is 0 Å². The molecule has 0 saturated heterocycles. The molecule has 0 amide bonds. The summed E-state index contributed by atoms with van der Waals surface area (Å²) in [6.45, 7) is 3.53. The second kappa shape index (κ2) is 6.48. The van der Waals surface area contributed by atoms with Crippen molar-refractivity contribution in [1.82, 2.24) is 0 Å². The smallest absolute Gasteiger partial charge is 0.194 e. The predicted molar refractivity (Wildman–Crippen MR) is 93.8 cm³/mol. The number of carbonyl (C=O) groups is 3. The molecule has 0 atom stereocenters. The third-order valence-electron chi connectivity index (χ3n) is 4.26. The van der Waals surface area contributed by atoms with Crippen molar-refractivity contribution in [2.45, 2.75) is 20.5 Å². The van der Waals surface area contributed by atoms with Crippen LogP contribution in [0.4, 0.5) is 0 Å². The molecule has 1 aliphatic carbocycles. The van der Waals surface area contributed by atoms with Gasteiger partial charge in [0.05, 0.1) is 5.56 Å². The second-order valence-corrected chi connectivity index (χ2v) is 6.54. The summed E-state index contributed by atoms with van der Waals surface area (Å²) < 4.78 is 5.82. The number of Topliss-reactive ketones (excluding diaryl/α,β-unsaturated/α-hetero) is 1. The van der Waals surface area contributed by atoms with E-state index in [0.29, 0.717) is 17.6 Å². The van der Waals surface area contributed by atoms with Gasteiger partial charge in [0.1, 0.15) is 18.6 Å². The molecule has 0 N–H and O–H groups in total. The molecule has 0 spiro atoms. The first-order chi connectivity index (χ1) is 11.9. The second-order valence-electron chi connectivity index (χ2n) is 6.54. The van der Waals surface area contributed by atoms with Gasteiger partial charge in [0.15, 0.2) is 11.6 Å². The molecular formula is C21H18O4. The van der Waals surface area contributed by atoms with E-state index in [1.165, 1.54) is 6.08 Å². The third-order valence-corrected chi connectivity index (χ3v) is 4.26. The van der Waals surface area contributed by atoms with Gasteiger partial charge < -0.3 is 9.53 Å². The summed E-state index contributed by atoms with van der Waals surface area (Å²) in [5.74, 6) is -0.271. The molecule has 126 valence electrons. The fourth-order valence-electron chi connectivity index (χ4n) is 2.78. The summed E-state index contributed by atoms with van der Waals surface area (Å²) in [6.07, 6.45) is 1.95. The number of fused-ring (bicyclic) bond motifs is 1. The lowest BCUT2D eigenvalue weighted by Gasteiger charge is -2.25. The van der Waals surface area contributed by atoms with E-state index in [-0.39, 0.29) is 29.3 Å². The molecule has 25 heavy (non-hydrogen) atoms. The van der Waals surface area contributed by atoms with Crippen LogP contribution in [0.1, 0.15) is 40.1 Å². The van der Waals surface area contributed by atoms with Crippen LogP contribution in [0.3, 0.4) is 0 Å². The van der Waals surface area contributed by atoms with E-state index in [9.17, 15) is 14.4 Å². The molecule has 0 unspecified atom stereocenters. The van der Waals surface area contributed by atoms with Crippen molar-refractivity contribution in [1.29, 1.82) is 0 Å². The number of ether oxygens (including phenoxy) is 1. The minimum atomic E-state index is -1.03. The standard InChI is InChI=1S/C21H18O4/c1-21(2,13-22)16-11-17(23)15-9-6-10-18(19(15)20(16)24)25-12-14-7-4-3-5-8-14/h3-11,13H,12H2,1-2H3. The van der Waals surface area contributed by atoms with Crippen LogP contribution < -0.4 is 4.74 Å². The first-order valence-electron chi connectivity index (χ1n) is 8.01. The van der Waals surface area contributed by atoms with Crippen molar-refractivity contribution in [3.63, 3.8) is 0 Å². The Balaban J connectivity index is 1.99. The predicted octanol–water partition coefficient (Wildman–Crippen LogP) is 3.80. The van der Waals surface area contributed by atoms with Gasteiger partial charge >= 0.3 is 0 Å². The molecule has 0 saturated carbocycles. The Hall–Kier alpha value is -3.01. The Morgan fingerprint density at radius 2 is 1.72 bits per heavy atom. The van der Waals surface area contributed by atoms with Gasteiger partial charge in [-0.05, 0) is 31.6 Å². The zero-order valence-corrected chi connectivity index (χ0v) is 14.1. The Kier molecular flexibility index (Phi) is 4.36. The molecule has 3 rings (SSSR count). The van der Waals surface area contributed by atoms with Gasteiger partial charge in [-0.25, -0.2) is 0 Å². The van der Waals surface area contributed by atoms with Gasteiger partial charge in [-0.3, -0.25) is 9.59 Å². The monoisotopic (exact) mass is 334 g/mol. The molecule has 1 aliphatic rings.